The van der Waals surface area contributed by atoms with Gasteiger partial charge in [-0.3, -0.25) is 33.6 Å². The minimum Gasteiger partial charge on any atom is -0.481 e. The smallest absolute Gasteiger partial charge is 0.326 e. The fourth-order valence-corrected chi connectivity index (χ4v) is 6.75. The van der Waals surface area contributed by atoms with Crippen molar-refractivity contribution in [1.82, 2.24) is 16.0 Å². The Morgan fingerprint density at radius 3 is 1.46 bits per heavy atom. The van der Waals surface area contributed by atoms with Gasteiger partial charge < -0.3 is 50.2 Å². The lowest BCUT2D eigenvalue weighted by atomic mass is 10.0. The van der Waals surface area contributed by atoms with Crippen LogP contribution in [0.15, 0.2) is 0 Å². The number of nitrogens with one attached hydrogen (secondary N) is 3. The number of carboxylic acid groups (broad SMARTS) is 3. The molecule has 0 saturated heterocycles. The first-order chi connectivity index (χ1) is 32.7. The van der Waals surface area contributed by atoms with E-state index in [9.17, 15) is 43.5 Å². The summed E-state index contributed by atoms with van der Waals surface area (Å²) in [4.78, 5) is 90.2. The maximum atomic E-state index is 12.0. The van der Waals surface area contributed by atoms with Crippen LogP contribution in [0.4, 0.5) is 0 Å². The second-order valence-corrected chi connectivity index (χ2v) is 17.5. The number of carbonyl (C=O) groups is 8. The lowest BCUT2D eigenvalue weighted by Gasteiger charge is -2.14. The number of ketones is 2. The normalized spacial score (nSPS) is 11.8. The van der Waals surface area contributed by atoms with E-state index in [1.54, 1.807) is 6.92 Å². The van der Waals surface area contributed by atoms with Crippen LogP contribution in [-0.2, 0) is 57.3 Å². The minimum atomic E-state index is -1.14. The van der Waals surface area contributed by atoms with E-state index < -0.39 is 35.8 Å². The number of rotatable bonds is 49. The van der Waals surface area contributed by atoms with Gasteiger partial charge in [-0.15, -0.1) is 0 Å². The third-order valence-electron chi connectivity index (χ3n) is 10.8. The highest BCUT2D eigenvalue weighted by molar-refractivity contribution is 9.09. The fourth-order valence-electron chi connectivity index (χ4n) is 6.55. The van der Waals surface area contributed by atoms with Gasteiger partial charge in [0.05, 0.1) is 44.3 Å². The number of aliphatic carboxylic acids is 3. The zero-order valence-corrected chi connectivity index (χ0v) is 43.0. The molecule has 6 N–H and O–H groups in total. The average Bonchev–Trinajstić information content (AvgIpc) is 3.31. The van der Waals surface area contributed by atoms with Crippen molar-refractivity contribution in [3.05, 3.63) is 0 Å². The van der Waals surface area contributed by atoms with Crippen LogP contribution in [0.5, 0.6) is 0 Å². The van der Waals surface area contributed by atoms with Crippen molar-refractivity contribution in [3.8, 4) is 0 Å². The van der Waals surface area contributed by atoms with E-state index in [1.165, 1.54) is 83.5 Å². The molecule has 19 heteroatoms. The first-order valence-corrected chi connectivity index (χ1v) is 26.3. The summed E-state index contributed by atoms with van der Waals surface area (Å²) in [5.41, 5.74) is 0. The van der Waals surface area contributed by atoms with Gasteiger partial charge >= 0.3 is 17.9 Å². The summed E-state index contributed by atoms with van der Waals surface area (Å²) >= 11 is 3.03. The van der Waals surface area contributed by atoms with Crippen molar-refractivity contribution in [1.29, 1.82) is 0 Å². The molecule has 0 spiro atoms. The molecule has 0 unspecified atom stereocenters. The number of amides is 3. The van der Waals surface area contributed by atoms with Crippen molar-refractivity contribution in [2.75, 3.05) is 71.3 Å². The average molecular weight is 1040 g/mol. The standard InChI is InChI=1S/C27H46BrN3O12.C22H42O3/c1-20(26(36)37)7-8-23(33)30-10-12-41-14-15-42-18-21(32)5-4-11-40-13-16-43-19-25(35)31-22(27(38)39)6-2-3-9-29-24(34)17-28;1-2-21(23)19-17-15-13-11-9-7-5-3-4-6-8-10-12-14-16-18-20-22(24)25/h20,22H,2-19H2,1H3,(H,29,34)(H,30,33)(H,31,35)(H,36,37)(H,38,39);2-20H2,1H3,(H,24,25)/t20-,22-;/m0./s1. The van der Waals surface area contributed by atoms with Crippen LogP contribution >= 0.6 is 15.9 Å². The van der Waals surface area contributed by atoms with Crippen LogP contribution in [0.1, 0.15) is 181 Å². The molecule has 3 amide bonds. The molecule has 0 aliphatic carbocycles. The number of carboxylic acids is 3. The molecule has 18 nitrogen and oxygen atoms in total. The fraction of sp³-hybridized carbons (Fsp3) is 0.837. The molecule has 0 saturated carbocycles. The third-order valence-corrected chi connectivity index (χ3v) is 11.3. The van der Waals surface area contributed by atoms with Crippen molar-refractivity contribution in [3.63, 3.8) is 0 Å². The highest BCUT2D eigenvalue weighted by Gasteiger charge is 2.19. The van der Waals surface area contributed by atoms with Crippen molar-refractivity contribution in [2.24, 2.45) is 5.92 Å². The number of Topliss-reactive ketones (excluding diaryl/α,β-unsaturated/α-hetero) is 2. The maximum Gasteiger partial charge on any atom is 0.326 e. The Morgan fingerprint density at radius 2 is 0.941 bits per heavy atom. The molecule has 0 radical (unpaired) electrons. The van der Waals surface area contributed by atoms with Crippen molar-refractivity contribution in [2.45, 2.75) is 187 Å². The van der Waals surface area contributed by atoms with Crippen LogP contribution in [0.2, 0.25) is 0 Å². The highest BCUT2D eigenvalue weighted by Crippen LogP contribution is 2.15. The summed E-state index contributed by atoms with van der Waals surface area (Å²) in [6.07, 6.45) is 24.5. The van der Waals surface area contributed by atoms with E-state index in [1.807, 2.05) is 6.92 Å². The van der Waals surface area contributed by atoms with Crippen LogP contribution in [-0.4, -0.2) is 140 Å². The molecule has 0 bridgehead atoms. The Morgan fingerprint density at radius 1 is 0.456 bits per heavy atom. The zero-order valence-electron chi connectivity index (χ0n) is 41.4. The molecule has 0 aliphatic rings. The van der Waals surface area contributed by atoms with Crippen molar-refractivity contribution >= 4 is 63.1 Å². The molecule has 0 heterocycles. The summed E-state index contributed by atoms with van der Waals surface area (Å²) in [6, 6.07) is -1.04. The summed E-state index contributed by atoms with van der Waals surface area (Å²) in [7, 11) is 0. The van der Waals surface area contributed by atoms with E-state index in [0.29, 0.717) is 57.6 Å². The lowest BCUT2D eigenvalue weighted by Crippen LogP contribution is -2.42. The Hall–Kier alpha value is -3.52. The van der Waals surface area contributed by atoms with Crippen LogP contribution < -0.4 is 16.0 Å². The second kappa shape index (κ2) is 49.9. The van der Waals surface area contributed by atoms with Crippen LogP contribution in [0.25, 0.3) is 0 Å². The largest absolute Gasteiger partial charge is 0.481 e. The maximum absolute atomic E-state index is 12.0. The van der Waals surface area contributed by atoms with Gasteiger partial charge in [0.2, 0.25) is 17.7 Å². The first kappa shape index (κ1) is 66.6. The molecule has 2 atom stereocenters. The van der Waals surface area contributed by atoms with Crippen LogP contribution in [0, 0.1) is 5.92 Å². The van der Waals surface area contributed by atoms with Gasteiger partial charge in [0.25, 0.3) is 0 Å². The Bertz CT molecular complexity index is 1340. The molecule has 0 aromatic carbocycles. The predicted octanol–water partition coefficient (Wildman–Crippen LogP) is 7.34. The number of unbranched alkanes of at least 4 members (excludes halogenated alkanes) is 16. The molecule has 0 aromatic heterocycles. The van der Waals surface area contributed by atoms with E-state index in [4.69, 9.17) is 29.2 Å². The van der Waals surface area contributed by atoms with Gasteiger partial charge in [0.1, 0.15) is 25.0 Å². The third kappa shape index (κ3) is 50.4. The summed E-state index contributed by atoms with van der Waals surface area (Å²) in [5, 5.41) is 34.5. The Balaban J connectivity index is 0. The molecular weight excluding hydrogens is 950 g/mol. The number of hydrogen-bond donors (Lipinski definition) is 6. The molecule has 68 heavy (non-hydrogen) atoms. The summed E-state index contributed by atoms with van der Waals surface area (Å²) < 4.78 is 21.1. The first-order valence-electron chi connectivity index (χ1n) is 25.1. The van der Waals surface area contributed by atoms with Crippen molar-refractivity contribution < 1.29 is 72.6 Å². The number of hydrogen-bond acceptors (Lipinski definition) is 12. The van der Waals surface area contributed by atoms with Gasteiger partial charge in [0, 0.05) is 51.8 Å². The molecule has 0 aromatic rings. The molecule has 0 aliphatic heterocycles. The topological polar surface area (TPSA) is 270 Å². The zero-order chi connectivity index (χ0) is 50.9. The predicted molar refractivity (Wildman–Crippen MR) is 263 cm³/mol. The molecule has 0 rings (SSSR count). The second-order valence-electron chi connectivity index (χ2n) is 17.0. The van der Waals surface area contributed by atoms with Crippen LogP contribution in [0.3, 0.4) is 0 Å². The highest BCUT2D eigenvalue weighted by atomic mass is 79.9. The SMILES string of the molecule is CCC(=O)CCCCCCCCCCCCCCCCCCC(=O)O.C[C@@H](CCC(=O)NCCOCCOCC(=O)CCCOCCOCC(=O)N[C@@H](CCCCNC(=O)CBr)C(=O)O)C(=O)O. The Kier molecular flexibility index (Phi) is 48.8. The summed E-state index contributed by atoms with van der Waals surface area (Å²) in [6.45, 7) is 5.28. The molecule has 0 fully saturated rings. The van der Waals surface area contributed by atoms with E-state index in [0.717, 1.165) is 25.7 Å². The molecule has 396 valence electrons. The van der Waals surface area contributed by atoms with E-state index in [2.05, 4.69) is 31.9 Å². The number of halogens is 1. The summed E-state index contributed by atoms with van der Waals surface area (Å²) in [5.74, 6) is -3.92. The number of alkyl halides is 1. The lowest BCUT2D eigenvalue weighted by molar-refractivity contribution is -0.143. The monoisotopic (exact) mass is 1040 g/mol. The molecular formula is C49H88BrN3O15. The number of carbonyl (C=O) groups excluding carboxylic acids is 5. The van der Waals surface area contributed by atoms with E-state index >= 15 is 0 Å². The number of ether oxygens (including phenoxy) is 4. The Labute approximate surface area is 414 Å². The van der Waals surface area contributed by atoms with Gasteiger partial charge in [-0.25, -0.2) is 4.79 Å². The van der Waals surface area contributed by atoms with Gasteiger partial charge in [-0.1, -0.05) is 120 Å². The van der Waals surface area contributed by atoms with Gasteiger partial charge in [-0.05, 0) is 44.9 Å². The van der Waals surface area contributed by atoms with Gasteiger partial charge in [0.15, 0.2) is 5.78 Å². The quantitative estimate of drug-likeness (QED) is 0.0257. The van der Waals surface area contributed by atoms with E-state index in [-0.39, 0.29) is 94.9 Å². The van der Waals surface area contributed by atoms with Gasteiger partial charge in [-0.2, -0.15) is 0 Å². The minimum absolute atomic E-state index is 0.0505.